The van der Waals surface area contributed by atoms with E-state index in [-0.39, 0.29) is 0 Å². The van der Waals surface area contributed by atoms with E-state index < -0.39 is 0 Å². The van der Waals surface area contributed by atoms with Crippen molar-refractivity contribution in [2.24, 2.45) is 5.92 Å². The minimum Gasteiger partial charge on any atom is -0.380 e. The standard InChI is InChI=1S/C9H16OS/c1-4-7(2)9(11-3)8-5-10-6-8/h8H,4-6H2,1-3H3/b9-7-. The van der Waals surface area contributed by atoms with E-state index in [1.807, 2.05) is 11.8 Å². The van der Waals surface area contributed by atoms with Crippen molar-refractivity contribution in [3.8, 4) is 0 Å². The Kier molecular flexibility index (Phi) is 3.46. The van der Waals surface area contributed by atoms with Gasteiger partial charge in [-0.15, -0.1) is 11.8 Å². The number of rotatable bonds is 3. The molecule has 0 atom stereocenters. The molecule has 0 spiro atoms. The molecule has 0 aromatic carbocycles. The van der Waals surface area contributed by atoms with E-state index in [4.69, 9.17) is 4.74 Å². The largest absolute Gasteiger partial charge is 0.380 e. The van der Waals surface area contributed by atoms with E-state index in [1.54, 1.807) is 4.91 Å². The summed E-state index contributed by atoms with van der Waals surface area (Å²) in [7, 11) is 0. The van der Waals surface area contributed by atoms with E-state index in [0.29, 0.717) is 5.92 Å². The van der Waals surface area contributed by atoms with Crippen molar-refractivity contribution in [3.05, 3.63) is 10.5 Å². The fourth-order valence-electron chi connectivity index (χ4n) is 1.25. The summed E-state index contributed by atoms with van der Waals surface area (Å²) >= 11 is 1.89. The van der Waals surface area contributed by atoms with Gasteiger partial charge in [-0.2, -0.15) is 0 Å². The molecule has 0 bridgehead atoms. The second-order valence-corrected chi connectivity index (χ2v) is 3.78. The molecular formula is C9H16OS. The van der Waals surface area contributed by atoms with Crippen molar-refractivity contribution in [1.82, 2.24) is 0 Å². The third-order valence-corrected chi connectivity index (χ3v) is 3.30. The summed E-state index contributed by atoms with van der Waals surface area (Å²) in [6, 6.07) is 0. The van der Waals surface area contributed by atoms with Crippen LogP contribution < -0.4 is 0 Å². The molecule has 0 N–H and O–H groups in total. The molecule has 1 aliphatic heterocycles. The van der Waals surface area contributed by atoms with Crippen molar-refractivity contribution in [3.63, 3.8) is 0 Å². The quantitative estimate of drug-likeness (QED) is 0.647. The number of ether oxygens (including phenoxy) is 1. The first-order valence-electron chi connectivity index (χ1n) is 4.11. The fraction of sp³-hybridized carbons (Fsp3) is 0.778. The lowest BCUT2D eigenvalue weighted by Gasteiger charge is -2.29. The Balaban J connectivity index is 2.60. The zero-order chi connectivity index (χ0) is 8.27. The zero-order valence-electron chi connectivity index (χ0n) is 7.52. The predicted octanol–water partition coefficient (Wildman–Crippen LogP) is 2.68. The lowest BCUT2D eigenvalue weighted by molar-refractivity contribution is -0.00986. The van der Waals surface area contributed by atoms with Crippen LogP contribution >= 0.6 is 11.8 Å². The van der Waals surface area contributed by atoms with Gasteiger partial charge in [-0.25, -0.2) is 0 Å². The van der Waals surface area contributed by atoms with Gasteiger partial charge in [-0.05, 0) is 24.5 Å². The Morgan fingerprint density at radius 3 is 2.45 bits per heavy atom. The molecule has 0 aromatic rings. The smallest absolute Gasteiger partial charge is 0.0562 e. The van der Waals surface area contributed by atoms with E-state index in [9.17, 15) is 0 Å². The summed E-state index contributed by atoms with van der Waals surface area (Å²) in [5, 5.41) is 0. The lowest BCUT2D eigenvalue weighted by atomic mass is 10.0. The number of hydrogen-bond donors (Lipinski definition) is 0. The number of allylic oxidation sites excluding steroid dienone is 1. The first-order valence-corrected chi connectivity index (χ1v) is 5.33. The maximum Gasteiger partial charge on any atom is 0.0562 e. The highest BCUT2D eigenvalue weighted by atomic mass is 32.2. The van der Waals surface area contributed by atoms with Gasteiger partial charge in [-0.3, -0.25) is 0 Å². The summed E-state index contributed by atoms with van der Waals surface area (Å²) in [5.74, 6) is 0.713. The molecule has 0 amide bonds. The van der Waals surface area contributed by atoms with Crippen LogP contribution in [0, 0.1) is 5.92 Å². The third-order valence-electron chi connectivity index (χ3n) is 2.18. The molecule has 11 heavy (non-hydrogen) atoms. The number of thioether (sulfide) groups is 1. The first kappa shape index (κ1) is 9.14. The van der Waals surface area contributed by atoms with E-state index >= 15 is 0 Å². The van der Waals surface area contributed by atoms with E-state index in [0.717, 1.165) is 13.2 Å². The molecule has 1 nitrogen and oxygen atoms in total. The van der Waals surface area contributed by atoms with Crippen LogP contribution in [0.1, 0.15) is 20.3 Å². The van der Waals surface area contributed by atoms with Gasteiger partial charge in [0.15, 0.2) is 0 Å². The molecule has 0 aromatic heterocycles. The molecule has 1 aliphatic rings. The van der Waals surface area contributed by atoms with Crippen LogP contribution in [-0.2, 0) is 4.74 Å². The predicted molar refractivity (Wildman–Crippen MR) is 50.8 cm³/mol. The maximum atomic E-state index is 5.16. The number of hydrogen-bond acceptors (Lipinski definition) is 2. The molecule has 1 heterocycles. The second kappa shape index (κ2) is 4.17. The third kappa shape index (κ3) is 2.00. The highest BCUT2D eigenvalue weighted by molar-refractivity contribution is 8.02. The molecule has 0 unspecified atom stereocenters. The Hall–Kier alpha value is 0.0500. The summed E-state index contributed by atoms with van der Waals surface area (Å²) in [4.78, 5) is 1.55. The molecule has 0 saturated carbocycles. The summed E-state index contributed by atoms with van der Waals surface area (Å²) in [6.45, 7) is 6.32. The van der Waals surface area contributed by atoms with Crippen molar-refractivity contribution in [1.29, 1.82) is 0 Å². The molecule has 0 aliphatic carbocycles. The molecule has 64 valence electrons. The van der Waals surface area contributed by atoms with Crippen molar-refractivity contribution < 1.29 is 4.74 Å². The normalized spacial score (nSPS) is 21.0. The average Bonchev–Trinajstić information content (AvgIpc) is 1.94. The van der Waals surface area contributed by atoms with Crippen molar-refractivity contribution in [2.75, 3.05) is 19.5 Å². The minimum atomic E-state index is 0.713. The highest BCUT2D eigenvalue weighted by Crippen LogP contribution is 2.31. The SMILES string of the molecule is CC/C(C)=C(\SC)C1COC1. The fourth-order valence-corrected chi connectivity index (χ4v) is 2.21. The average molecular weight is 172 g/mol. The van der Waals surface area contributed by atoms with Crippen LogP contribution in [0.5, 0.6) is 0 Å². The Labute approximate surface area is 73.2 Å². The van der Waals surface area contributed by atoms with Crippen molar-refractivity contribution >= 4 is 11.8 Å². The molecule has 1 rings (SSSR count). The molecule has 1 saturated heterocycles. The van der Waals surface area contributed by atoms with Crippen LogP contribution in [0.3, 0.4) is 0 Å². The zero-order valence-corrected chi connectivity index (χ0v) is 8.33. The Bertz CT molecular complexity index is 159. The van der Waals surface area contributed by atoms with Crippen LogP contribution in [0.15, 0.2) is 10.5 Å². The van der Waals surface area contributed by atoms with Crippen LogP contribution in [0.2, 0.25) is 0 Å². The van der Waals surface area contributed by atoms with Crippen LogP contribution in [0.25, 0.3) is 0 Å². The van der Waals surface area contributed by atoms with Gasteiger partial charge in [0, 0.05) is 5.92 Å². The van der Waals surface area contributed by atoms with Crippen LogP contribution in [0.4, 0.5) is 0 Å². The van der Waals surface area contributed by atoms with Crippen molar-refractivity contribution in [2.45, 2.75) is 20.3 Å². The Morgan fingerprint density at radius 2 is 2.18 bits per heavy atom. The highest BCUT2D eigenvalue weighted by Gasteiger charge is 2.23. The van der Waals surface area contributed by atoms with Gasteiger partial charge >= 0.3 is 0 Å². The summed E-state index contributed by atoms with van der Waals surface area (Å²) in [6.07, 6.45) is 3.33. The van der Waals surface area contributed by atoms with Gasteiger partial charge in [0.2, 0.25) is 0 Å². The van der Waals surface area contributed by atoms with Crippen LogP contribution in [-0.4, -0.2) is 19.5 Å². The maximum absolute atomic E-state index is 5.16. The molecule has 2 heteroatoms. The second-order valence-electron chi connectivity index (χ2n) is 2.94. The topological polar surface area (TPSA) is 9.23 Å². The van der Waals surface area contributed by atoms with Gasteiger partial charge in [0.05, 0.1) is 13.2 Å². The molecular weight excluding hydrogens is 156 g/mol. The van der Waals surface area contributed by atoms with E-state index in [2.05, 4.69) is 20.1 Å². The summed E-state index contributed by atoms with van der Waals surface area (Å²) < 4.78 is 5.16. The Morgan fingerprint density at radius 1 is 1.55 bits per heavy atom. The van der Waals surface area contributed by atoms with Gasteiger partial charge in [0.25, 0.3) is 0 Å². The molecule has 1 fully saturated rings. The lowest BCUT2D eigenvalue weighted by Crippen LogP contribution is -2.28. The monoisotopic (exact) mass is 172 g/mol. The minimum absolute atomic E-state index is 0.713. The molecule has 0 radical (unpaired) electrons. The summed E-state index contributed by atoms with van der Waals surface area (Å²) in [5.41, 5.74) is 1.53. The van der Waals surface area contributed by atoms with E-state index in [1.165, 1.54) is 12.0 Å². The van der Waals surface area contributed by atoms with Gasteiger partial charge < -0.3 is 4.74 Å². The van der Waals surface area contributed by atoms with Gasteiger partial charge in [0.1, 0.15) is 0 Å². The van der Waals surface area contributed by atoms with Gasteiger partial charge in [-0.1, -0.05) is 12.5 Å². The first-order chi connectivity index (χ1) is 5.29.